The Morgan fingerprint density at radius 3 is 2.75 bits per heavy atom. The van der Waals surface area contributed by atoms with Gasteiger partial charge in [-0.05, 0) is 18.9 Å². The lowest BCUT2D eigenvalue weighted by atomic mass is 10.0. The lowest BCUT2D eigenvalue weighted by Gasteiger charge is -2.44. The number of piperazine rings is 1. The molecule has 0 saturated carbocycles. The Balaban J connectivity index is 1.79. The Labute approximate surface area is 144 Å². The minimum absolute atomic E-state index is 0.163. The second-order valence-electron chi connectivity index (χ2n) is 6.72. The standard InChI is InChI=1S/C19H28N2O3/c1-4-9-20-13-17-18(22)8-6-15(20)12-21(17)11-14-5-7-16(23-2)10-19(14)24-3/h4-5,7,10,15,17-18,22H,1,6,8-9,11-13H2,2-3H3/t15-,17+,18+/m1/s1. The molecule has 1 N–H and O–H groups in total. The van der Waals surface area contributed by atoms with E-state index in [2.05, 4.69) is 22.4 Å². The Morgan fingerprint density at radius 2 is 2.04 bits per heavy atom. The molecule has 5 heteroatoms. The minimum Gasteiger partial charge on any atom is -0.497 e. The zero-order valence-electron chi connectivity index (χ0n) is 14.6. The van der Waals surface area contributed by atoms with Gasteiger partial charge in [0.25, 0.3) is 0 Å². The van der Waals surface area contributed by atoms with Crippen LogP contribution in [0.25, 0.3) is 0 Å². The Morgan fingerprint density at radius 1 is 1.21 bits per heavy atom. The number of aliphatic hydroxyl groups excluding tert-OH is 1. The van der Waals surface area contributed by atoms with Crippen molar-refractivity contribution in [2.45, 2.75) is 37.6 Å². The normalized spacial score (nSPS) is 27.7. The van der Waals surface area contributed by atoms with Crippen molar-refractivity contribution < 1.29 is 14.6 Å². The molecule has 0 spiro atoms. The molecule has 0 aromatic heterocycles. The fourth-order valence-electron chi connectivity index (χ4n) is 3.99. The van der Waals surface area contributed by atoms with Crippen molar-refractivity contribution in [1.29, 1.82) is 0 Å². The number of benzene rings is 1. The molecule has 24 heavy (non-hydrogen) atoms. The van der Waals surface area contributed by atoms with Gasteiger partial charge in [-0.3, -0.25) is 9.80 Å². The molecule has 3 aliphatic heterocycles. The highest BCUT2D eigenvalue weighted by Crippen LogP contribution is 2.32. The lowest BCUT2D eigenvalue weighted by Crippen LogP contribution is -2.58. The van der Waals surface area contributed by atoms with E-state index in [0.29, 0.717) is 6.04 Å². The summed E-state index contributed by atoms with van der Waals surface area (Å²) in [5.74, 6) is 1.64. The van der Waals surface area contributed by atoms with E-state index in [-0.39, 0.29) is 12.1 Å². The van der Waals surface area contributed by atoms with Gasteiger partial charge in [-0.15, -0.1) is 6.58 Å². The summed E-state index contributed by atoms with van der Waals surface area (Å²) in [7, 11) is 3.35. The smallest absolute Gasteiger partial charge is 0.127 e. The SMILES string of the molecule is C=CCN1C[C@H]2[C@@H](O)CC[C@@H]1CN2Cc1ccc(OC)cc1OC. The molecule has 0 radical (unpaired) electrons. The van der Waals surface area contributed by atoms with Gasteiger partial charge in [-0.1, -0.05) is 12.1 Å². The van der Waals surface area contributed by atoms with Gasteiger partial charge >= 0.3 is 0 Å². The third kappa shape index (κ3) is 3.43. The number of methoxy groups -OCH3 is 2. The molecular weight excluding hydrogens is 304 g/mol. The van der Waals surface area contributed by atoms with E-state index in [4.69, 9.17) is 9.47 Å². The molecule has 3 heterocycles. The maximum Gasteiger partial charge on any atom is 0.127 e. The minimum atomic E-state index is -0.269. The van der Waals surface area contributed by atoms with Crippen molar-refractivity contribution in [3.8, 4) is 11.5 Å². The molecule has 1 aromatic carbocycles. The van der Waals surface area contributed by atoms with Crippen LogP contribution in [0.5, 0.6) is 11.5 Å². The highest BCUT2D eigenvalue weighted by molar-refractivity contribution is 5.40. The summed E-state index contributed by atoms with van der Waals surface area (Å²) in [5.41, 5.74) is 1.13. The van der Waals surface area contributed by atoms with E-state index >= 15 is 0 Å². The van der Waals surface area contributed by atoms with Crippen LogP contribution < -0.4 is 9.47 Å². The number of hydrogen-bond donors (Lipinski definition) is 1. The number of hydrogen-bond acceptors (Lipinski definition) is 5. The van der Waals surface area contributed by atoms with Crippen LogP contribution in [-0.4, -0.2) is 66.9 Å². The highest BCUT2D eigenvalue weighted by atomic mass is 16.5. The first-order valence-corrected chi connectivity index (χ1v) is 8.64. The maximum absolute atomic E-state index is 10.6. The molecule has 3 saturated heterocycles. The van der Waals surface area contributed by atoms with Crippen molar-refractivity contribution in [3.63, 3.8) is 0 Å². The third-order valence-electron chi connectivity index (χ3n) is 5.32. The Kier molecular flexibility index (Phi) is 5.43. The number of rotatable bonds is 6. The monoisotopic (exact) mass is 332 g/mol. The van der Waals surface area contributed by atoms with E-state index in [0.717, 1.165) is 56.1 Å². The molecule has 4 rings (SSSR count). The predicted molar refractivity (Wildman–Crippen MR) is 94.5 cm³/mol. The van der Waals surface area contributed by atoms with Gasteiger partial charge in [-0.2, -0.15) is 0 Å². The van der Waals surface area contributed by atoms with Gasteiger partial charge in [0.05, 0.1) is 20.3 Å². The van der Waals surface area contributed by atoms with E-state index in [1.165, 1.54) is 0 Å². The molecule has 2 bridgehead atoms. The van der Waals surface area contributed by atoms with Crippen LogP contribution >= 0.6 is 0 Å². The quantitative estimate of drug-likeness (QED) is 0.806. The summed E-state index contributed by atoms with van der Waals surface area (Å²) in [6, 6.07) is 6.60. The van der Waals surface area contributed by atoms with Crippen LogP contribution in [0, 0.1) is 0 Å². The molecule has 0 unspecified atom stereocenters. The lowest BCUT2D eigenvalue weighted by molar-refractivity contribution is -0.00453. The Hall–Kier alpha value is -1.56. The van der Waals surface area contributed by atoms with Gasteiger partial charge in [0.1, 0.15) is 11.5 Å². The van der Waals surface area contributed by atoms with Crippen molar-refractivity contribution in [3.05, 3.63) is 36.4 Å². The molecule has 3 aliphatic rings. The first kappa shape index (κ1) is 17.3. The summed E-state index contributed by atoms with van der Waals surface area (Å²) >= 11 is 0. The van der Waals surface area contributed by atoms with Crippen molar-refractivity contribution in [2.24, 2.45) is 0 Å². The van der Waals surface area contributed by atoms with Crippen molar-refractivity contribution in [2.75, 3.05) is 33.9 Å². The molecule has 132 valence electrons. The van der Waals surface area contributed by atoms with Crippen LogP contribution in [0.2, 0.25) is 0 Å². The average Bonchev–Trinajstić information content (AvgIpc) is 2.84. The molecule has 3 fully saturated rings. The van der Waals surface area contributed by atoms with E-state index in [9.17, 15) is 5.11 Å². The van der Waals surface area contributed by atoms with Crippen molar-refractivity contribution >= 4 is 0 Å². The second kappa shape index (κ2) is 7.55. The fraction of sp³-hybridized carbons (Fsp3) is 0.579. The van der Waals surface area contributed by atoms with Crippen molar-refractivity contribution in [1.82, 2.24) is 9.80 Å². The number of aliphatic hydroxyl groups is 1. The third-order valence-corrected chi connectivity index (χ3v) is 5.32. The van der Waals surface area contributed by atoms with E-state index < -0.39 is 0 Å². The molecule has 5 nitrogen and oxygen atoms in total. The zero-order chi connectivity index (χ0) is 17.1. The summed E-state index contributed by atoms with van der Waals surface area (Å²) < 4.78 is 10.8. The number of fused-ring (bicyclic) bond motifs is 4. The summed E-state index contributed by atoms with van der Waals surface area (Å²) in [4.78, 5) is 4.86. The maximum atomic E-state index is 10.6. The molecule has 3 atom stereocenters. The average molecular weight is 332 g/mol. The Bertz CT molecular complexity index is 578. The molecule has 0 amide bonds. The van der Waals surface area contributed by atoms with Crippen LogP contribution in [-0.2, 0) is 6.54 Å². The number of nitrogens with zero attached hydrogens (tertiary/aromatic N) is 2. The van der Waals surface area contributed by atoms with E-state index in [1.807, 2.05) is 18.2 Å². The molecular formula is C19H28N2O3. The first-order valence-electron chi connectivity index (χ1n) is 8.64. The second-order valence-corrected chi connectivity index (χ2v) is 6.72. The molecule has 0 aliphatic carbocycles. The van der Waals surface area contributed by atoms with Gasteiger partial charge in [0.2, 0.25) is 0 Å². The molecule has 1 aromatic rings. The zero-order valence-corrected chi connectivity index (χ0v) is 14.6. The van der Waals surface area contributed by atoms with Crippen LogP contribution in [0.4, 0.5) is 0 Å². The van der Waals surface area contributed by atoms with Gasteiger partial charge in [0, 0.05) is 49.9 Å². The predicted octanol–water partition coefficient (Wildman–Crippen LogP) is 1.90. The van der Waals surface area contributed by atoms with Crippen LogP contribution in [0.3, 0.4) is 0 Å². The van der Waals surface area contributed by atoms with Gasteiger partial charge in [-0.25, -0.2) is 0 Å². The topological polar surface area (TPSA) is 45.2 Å². The van der Waals surface area contributed by atoms with Gasteiger partial charge < -0.3 is 14.6 Å². The number of ether oxygens (including phenoxy) is 2. The summed E-state index contributed by atoms with van der Waals surface area (Å²) in [6.45, 7) is 7.43. The van der Waals surface area contributed by atoms with Gasteiger partial charge in [0.15, 0.2) is 0 Å². The highest BCUT2D eigenvalue weighted by Gasteiger charge is 2.40. The largest absolute Gasteiger partial charge is 0.497 e. The summed E-state index contributed by atoms with van der Waals surface area (Å²) in [6.07, 6.45) is 3.61. The fourth-order valence-corrected chi connectivity index (χ4v) is 3.99. The first-order chi connectivity index (χ1) is 11.7. The summed E-state index contributed by atoms with van der Waals surface area (Å²) in [5, 5.41) is 10.6. The van der Waals surface area contributed by atoms with E-state index in [1.54, 1.807) is 14.2 Å². The van der Waals surface area contributed by atoms with Crippen LogP contribution in [0.15, 0.2) is 30.9 Å². The van der Waals surface area contributed by atoms with Crippen LogP contribution in [0.1, 0.15) is 18.4 Å².